The molecule has 0 unspecified atom stereocenters. The quantitative estimate of drug-likeness (QED) is 0.221. The molecule has 0 aliphatic carbocycles. The Hall–Kier alpha value is -1.29. The van der Waals surface area contributed by atoms with Crippen molar-refractivity contribution in [3.63, 3.8) is 0 Å². The van der Waals surface area contributed by atoms with Crippen LogP contribution in [0.4, 0.5) is 0 Å². The number of rotatable bonds is 10. The third-order valence-electron chi connectivity index (χ3n) is 2.82. The molecule has 1 heterocycles. The van der Waals surface area contributed by atoms with E-state index in [2.05, 4.69) is 20.9 Å². The van der Waals surface area contributed by atoms with Crippen molar-refractivity contribution in [1.29, 1.82) is 0 Å². The Bertz CT molecular complexity index is 438. The number of carbonyl (C=O) groups excluding carboxylic acids is 1. The first-order chi connectivity index (χ1) is 10.7. The van der Waals surface area contributed by atoms with Crippen LogP contribution in [0.2, 0.25) is 0 Å². The molecule has 0 aliphatic heterocycles. The van der Waals surface area contributed by atoms with E-state index in [1.165, 1.54) is 6.92 Å². The standard InChI is InChI=1S/C15H26N4O3.HI/c1-13(20)16-7-4-8-17-15(19-10-12-21-2)18-9-6-14-5-3-11-22-14;/h3,5,11H,4,6-10,12H2,1-2H3,(H,16,20)(H2,17,18,19);1H. The molecule has 132 valence electrons. The summed E-state index contributed by atoms with van der Waals surface area (Å²) in [5.74, 6) is 1.67. The molecule has 1 rings (SSSR count). The Kier molecular flexibility index (Phi) is 13.5. The minimum Gasteiger partial charge on any atom is -0.469 e. The largest absolute Gasteiger partial charge is 0.469 e. The molecule has 0 fully saturated rings. The number of aliphatic imine (C=N–C) groups is 1. The fourth-order valence-electron chi connectivity index (χ4n) is 1.74. The van der Waals surface area contributed by atoms with Gasteiger partial charge >= 0.3 is 0 Å². The van der Waals surface area contributed by atoms with Gasteiger partial charge in [0.25, 0.3) is 0 Å². The van der Waals surface area contributed by atoms with Crippen molar-refractivity contribution in [3.8, 4) is 0 Å². The zero-order valence-electron chi connectivity index (χ0n) is 13.8. The van der Waals surface area contributed by atoms with Gasteiger partial charge in [0.1, 0.15) is 5.76 Å². The molecule has 3 N–H and O–H groups in total. The maximum absolute atomic E-state index is 10.8. The number of hydrogen-bond donors (Lipinski definition) is 3. The molecular formula is C15H27IN4O3. The van der Waals surface area contributed by atoms with Gasteiger partial charge in [0.05, 0.1) is 12.9 Å². The van der Waals surface area contributed by atoms with Gasteiger partial charge in [0.2, 0.25) is 5.91 Å². The molecule has 0 spiro atoms. The van der Waals surface area contributed by atoms with Crippen molar-refractivity contribution in [2.75, 3.05) is 39.9 Å². The molecule has 23 heavy (non-hydrogen) atoms. The summed E-state index contributed by atoms with van der Waals surface area (Å²) in [6.45, 7) is 4.83. The van der Waals surface area contributed by atoms with Crippen molar-refractivity contribution < 1.29 is 13.9 Å². The predicted molar refractivity (Wildman–Crippen MR) is 101 cm³/mol. The van der Waals surface area contributed by atoms with E-state index in [0.717, 1.165) is 31.1 Å². The summed E-state index contributed by atoms with van der Waals surface area (Å²) in [5.41, 5.74) is 0. The molecule has 1 aromatic rings. The lowest BCUT2D eigenvalue weighted by Crippen LogP contribution is -2.40. The predicted octanol–water partition coefficient (Wildman–Crippen LogP) is 1.15. The van der Waals surface area contributed by atoms with Crippen molar-refractivity contribution in [3.05, 3.63) is 24.2 Å². The van der Waals surface area contributed by atoms with Crippen LogP contribution in [0.15, 0.2) is 27.8 Å². The highest BCUT2D eigenvalue weighted by Gasteiger charge is 2.00. The van der Waals surface area contributed by atoms with Crippen LogP contribution in [-0.4, -0.2) is 51.8 Å². The summed E-state index contributed by atoms with van der Waals surface area (Å²) in [5, 5.41) is 9.20. The Balaban J connectivity index is 0.00000484. The van der Waals surface area contributed by atoms with E-state index in [1.54, 1.807) is 13.4 Å². The number of nitrogens with zero attached hydrogens (tertiary/aromatic N) is 1. The molecule has 0 atom stereocenters. The van der Waals surface area contributed by atoms with Gasteiger partial charge in [-0.15, -0.1) is 24.0 Å². The lowest BCUT2D eigenvalue weighted by molar-refractivity contribution is -0.118. The van der Waals surface area contributed by atoms with E-state index in [0.29, 0.717) is 26.2 Å². The van der Waals surface area contributed by atoms with E-state index >= 15 is 0 Å². The fraction of sp³-hybridized carbons (Fsp3) is 0.600. The third kappa shape index (κ3) is 11.9. The summed E-state index contributed by atoms with van der Waals surface area (Å²) in [6, 6.07) is 3.83. The number of furan rings is 1. The third-order valence-corrected chi connectivity index (χ3v) is 2.82. The van der Waals surface area contributed by atoms with Crippen molar-refractivity contribution >= 4 is 35.8 Å². The first kappa shape index (κ1) is 21.7. The van der Waals surface area contributed by atoms with Crippen LogP contribution < -0.4 is 16.0 Å². The second-order valence-electron chi connectivity index (χ2n) is 4.74. The van der Waals surface area contributed by atoms with Crippen LogP contribution in [0.1, 0.15) is 19.1 Å². The van der Waals surface area contributed by atoms with Gasteiger partial charge in [-0.05, 0) is 18.6 Å². The molecule has 1 aromatic heterocycles. The van der Waals surface area contributed by atoms with Crippen LogP contribution in [0.3, 0.4) is 0 Å². The highest BCUT2D eigenvalue weighted by molar-refractivity contribution is 14.0. The average molecular weight is 438 g/mol. The molecule has 7 nitrogen and oxygen atoms in total. The van der Waals surface area contributed by atoms with Crippen molar-refractivity contribution in [2.45, 2.75) is 19.8 Å². The summed E-state index contributed by atoms with van der Waals surface area (Å²) >= 11 is 0. The fourth-order valence-corrected chi connectivity index (χ4v) is 1.74. The number of halogens is 1. The van der Waals surface area contributed by atoms with Gasteiger partial charge in [-0.25, -0.2) is 0 Å². The number of ether oxygens (including phenoxy) is 1. The molecule has 0 aliphatic rings. The SMILES string of the molecule is COCCNC(=NCCCNC(C)=O)NCCc1ccco1.I. The number of methoxy groups -OCH3 is 1. The highest BCUT2D eigenvalue weighted by Crippen LogP contribution is 1.99. The zero-order valence-corrected chi connectivity index (χ0v) is 16.1. The van der Waals surface area contributed by atoms with Crippen LogP contribution in [0.5, 0.6) is 0 Å². The number of nitrogens with one attached hydrogen (secondary N) is 3. The minimum absolute atomic E-state index is 0. The zero-order chi connectivity index (χ0) is 16.0. The molecule has 0 saturated heterocycles. The van der Waals surface area contributed by atoms with Crippen LogP contribution in [0.25, 0.3) is 0 Å². The second kappa shape index (κ2) is 14.3. The van der Waals surface area contributed by atoms with Crippen LogP contribution in [-0.2, 0) is 16.0 Å². The van der Waals surface area contributed by atoms with Gasteiger partial charge in [-0.3, -0.25) is 9.79 Å². The maximum Gasteiger partial charge on any atom is 0.216 e. The Morgan fingerprint density at radius 3 is 2.70 bits per heavy atom. The van der Waals surface area contributed by atoms with Crippen molar-refractivity contribution in [1.82, 2.24) is 16.0 Å². The number of amides is 1. The van der Waals surface area contributed by atoms with Gasteiger partial charge in [-0.1, -0.05) is 0 Å². The van der Waals surface area contributed by atoms with Gasteiger partial charge in [0.15, 0.2) is 5.96 Å². The van der Waals surface area contributed by atoms with Crippen molar-refractivity contribution in [2.24, 2.45) is 4.99 Å². The van der Waals surface area contributed by atoms with Gasteiger partial charge < -0.3 is 25.1 Å². The molecule has 1 amide bonds. The van der Waals surface area contributed by atoms with E-state index in [-0.39, 0.29) is 29.9 Å². The topological polar surface area (TPSA) is 87.9 Å². The maximum atomic E-state index is 10.8. The molecule has 0 bridgehead atoms. The van der Waals surface area contributed by atoms with Gasteiger partial charge in [0, 0.05) is 46.6 Å². The number of carbonyl (C=O) groups is 1. The molecular weight excluding hydrogens is 411 g/mol. The highest BCUT2D eigenvalue weighted by atomic mass is 127. The minimum atomic E-state index is -0.0148. The number of guanidine groups is 1. The first-order valence-electron chi connectivity index (χ1n) is 7.50. The Morgan fingerprint density at radius 1 is 1.26 bits per heavy atom. The first-order valence-corrected chi connectivity index (χ1v) is 7.50. The summed E-state index contributed by atoms with van der Waals surface area (Å²) in [6.07, 6.45) is 3.27. The van der Waals surface area contributed by atoms with Crippen LogP contribution in [0, 0.1) is 0 Å². The van der Waals surface area contributed by atoms with E-state index in [1.807, 2.05) is 12.1 Å². The smallest absolute Gasteiger partial charge is 0.216 e. The number of hydrogen-bond acceptors (Lipinski definition) is 4. The summed E-state index contributed by atoms with van der Waals surface area (Å²) in [7, 11) is 1.66. The Morgan fingerprint density at radius 2 is 2.04 bits per heavy atom. The normalized spacial score (nSPS) is 10.8. The van der Waals surface area contributed by atoms with E-state index < -0.39 is 0 Å². The summed E-state index contributed by atoms with van der Waals surface area (Å²) < 4.78 is 10.3. The molecule has 0 radical (unpaired) electrons. The lowest BCUT2D eigenvalue weighted by Gasteiger charge is -2.12. The molecule has 8 heteroatoms. The average Bonchev–Trinajstić information content (AvgIpc) is 2.99. The van der Waals surface area contributed by atoms with E-state index in [4.69, 9.17) is 9.15 Å². The monoisotopic (exact) mass is 438 g/mol. The lowest BCUT2D eigenvalue weighted by atomic mass is 10.3. The molecule has 0 aromatic carbocycles. The summed E-state index contributed by atoms with van der Waals surface area (Å²) in [4.78, 5) is 15.2. The van der Waals surface area contributed by atoms with Crippen LogP contribution >= 0.6 is 24.0 Å². The Labute approximate surface area is 154 Å². The molecule has 0 saturated carbocycles. The second-order valence-corrected chi connectivity index (χ2v) is 4.74. The van der Waals surface area contributed by atoms with E-state index in [9.17, 15) is 4.79 Å². The van der Waals surface area contributed by atoms with Gasteiger partial charge in [-0.2, -0.15) is 0 Å².